The fourth-order valence-electron chi connectivity index (χ4n) is 3.76. The molecule has 0 bridgehead atoms. The molecule has 1 N–H and O–H groups in total. The number of halogens is 2. The van der Waals surface area contributed by atoms with Gasteiger partial charge in [0.2, 0.25) is 5.91 Å². The lowest BCUT2D eigenvalue weighted by atomic mass is 10.1. The van der Waals surface area contributed by atoms with Gasteiger partial charge in [0.05, 0.1) is 17.8 Å². The van der Waals surface area contributed by atoms with E-state index in [9.17, 15) is 14.0 Å². The van der Waals surface area contributed by atoms with E-state index in [1.807, 2.05) is 41.0 Å². The zero-order valence-corrected chi connectivity index (χ0v) is 20.0. The van der Waals surface area contributed by atoms with Crippen LogP contribution in [0.4, 0.5) is 15.1 Å². The van der Waals surface area contributed by atoms with Crippen molar-refractivity contribution in [3.8, 4) is 0 Å². The monoisotopic (exact) mass is 515 g/mol. The number of aryl methyl sites for hydroxylation is 1. The first-order chi connectivity index (χ1) is 15.4. The molecule has 5 nitrogen and oxygen atoms in total. The number of carbonyl (C=O) groups excluding carboxylic acids is 2. The van der Waals surface area contributed by atoms with E-state index >= 15 is 0 Å². The van der Waals surface area contributed by atoms with Gasteiger partial charge in [0.25, 0.3) is 0 Å². The Kier molecular flexibility index (Phi) is 7.03. The Morgan fingerprint density at radius 1 is 1.06 bits per heavy atom. The summed E-state index contributed by atoms with van der Waals surface area (Å²) in [4.78, 5) is 30.7. The molecule has 3 aromatic rings. The molecule has 32 heavy (non-hydrogen) atoms. The van der Waals surface area contributed by atoms with Crippen LogP contribution in [0.5, 0.6) is 0 Å². The van der Waals surface area contributed by atoms with E-state index in [-0.39, 0.29) is 24.1 Å². The molecule has 0 saturated carbocycles. The maximum Gasteiger partial charge on any atom is 0.239 e. The van der Waals surface area contributed by atoms with E-state index in [4.69, 9.17) is 0 Å². The van der Waals surface area contributed by atoms with E-state index in [0.29, 0.717) is 48.0 Å². The van der Waals surface area contributed by atoms with Gasteiger partial charge in [-0.25, -0.2) is 4.39 Å². The summed E-state index contributed by atoms with van der Waals surface area (Å²) in [5.41, 5.74) is 1.68. The molecule has 166 valence electrons. The van der Waals surface area contributed by atoms with Crippen molar-refractivity contribution in [1.29, 1.82) is 0 Å². The molecule has 8 heteroatoms. The molecule has 0 aliphatic carbocycles. The SMILES string of the molecule is Cc1cc(C(=O)c2ccc(Br)cc2)c(NC(=O)CN2CCN(c3ccccc3F)CC2)s1. The minimum absolute atomic E-state index is 0.115. The van der Waals surface area contributed by atoms with Crippen molar-refractivity contribution in [2.24, 2.45) is 0 Å². The third kappa shape index (κ3) is 5.26. The molecule has 1 aromatic heterocycles. The van der Waals surface area contributed by atoms with E-state index in [2.05, 4.69) is 21.2 Å². The minimum Gasteiger partial charge on any atom is -0.367 e. The number of rotatable bonds is 6. The lowest BCUT2D eigenvalue weighted by Gasteiger charge is -2.35. The summed E-state index contributed by atoms with van der Waals surface area (Å²) in [5.74, 6) is -0.499. The van der Waals surface area contributed by atoms with Crippen LogP contribution in [0.3, 0.4) is 0 Å². The molecule has 1 amide bonds. The number of ketones is 1. The quantitative estimate of drug-likeness (QED) is 0.472. The van der Waals surface area contributed by atoms with Gasteiger partial charge in [-0.3, -0.25) is 14.5 Å². The van der Waals surface area contributed by atoms with Gasteiger partial charge in [0, 0.05) is 41.1 Å². The second-order valence-corrected chi connectivity index (χ2v) is 9.87. The van der Waals surface area contributed by atoms with Crippen molar-refractivity contribution in [3.63, 3.8) is 0 Å². The number of nitrogens with zero attached hydrogens (tertiary/aromatic N) is 2. The summed E-state index contributed by atoms with van der Waals surface area (Å²) in [6.45, 7) is 4.78. The van der Waals surface area contributed by atoms with E-state index in [1.54, 1.807) is 24.3 Å². The molecule has 2 aromatic carbocycles. The van der Waals surface area contributed by atoms with Gasteiger partial charge >= 0.3 is 0 Å². The zero-order valence-electron chi connectivity index (χ0n) is 17.6. The molecule has 0 spiro atoms. The van der Waals surface area contributed by atoms with Gasteiger partial charge in [-0.15, -0.1) is 11.3 Å². The Bertz CT molecular complexity index is 1120. The van der Waals surface area contributed by atoms with Crippen LogP contribution in [0.1, 0.15) is 20.8 Å². The Labute approximate surface area is 199 Å². The fraction of sp³-hybridized carbons (Fsp3) is 0.250. The van der Waals surface area contributed by atoms with Crippen LogP contribution < -0.4 is 10.2 Å². The molecule has 1 fully saturated rings. The van der Waals surface area contributed by atoms with E-state index in [0.717, 1.165) is 9.35 Å². The van der Waals surface area contributed by atoms with Crippen molar-refractivity contribution in [2.75, 3.05) is 42.9 Å². The van der Waals surface area contributed by atoms with Gasteiger partial charge < -0.3 is 10.2 Å². The van der Waals surface area contributed by atoms with Gasteiger partial charge in [-0.2, -0.15) is 0 Å². The Morgan fingerprint density at radius 2 is 1.75 bits per heavy atom. The van der Waals surface area contributed by atoms with Gasteiger partial charge in [0.15, 0.2) is 5.78 Å². The van der Waals surface area contributed by atoms with Gasteiger partial charge in [0.1, 0.15) is 10.8 Å². The Balaban J connectivity index is 1.36. The third-order valence-corrected chi connectivity index (χ3v) is 6.89. The number of hydrogen-bond donors (Lipinski definition) is 1. The van der Waals surface area contributed by atoms with Crippen molar-refractivity contribution in [2.45, 2.75) is 6.92 Å². The lowest BCUT2D eigenvalue weighted by Crippen LogP contribution is -2.48. The highest BCUT2D eigenvalue weighted by atomic mass is 79.9. The fourth-order valence-corrected chi connectivity index (χ4v) is 4.95. The average Bonchev–Trinajstić information content (AvgIpc) is 3.14. The number of nitrogens with one attached hydrogen (secondary N) is 1. The molecule has 1 aliphatic heterocycles. The van der Waals surface area contributed by atoms with Crippen molar-refractivity contribution >= 4 is 49.6 Å². The number of para-hydroxylation sites is 1. The van der Waals surface area contributed by atoms with Crippen LogP contribution in [-0.2, 0) is 4.79 Å². The number of piperazine rings is 1. The first kappa shape index (κ1) is 22.6. The predicted octanol–water partition coefficient (Wildman–Crippen LogP) is 4.95. The smallest absolute Gasteiger partial charge is 0.239 e. The molecule has 0 radical (unpaired) electrons. The van der Waals surface area contributed by atoms with Crippen LogP contribution >= 0.6 is 27.3 Å². The minimum atomic E-state index is -0.227. The first-order valence-corrected chi connectivity index (χ1v) is 11.9. The molecule has 0 unspecified atom stereocenters. The molecular weight excluding hydrogens is 493 g/mol. The number of benzene rings is 2. The molecule has 0 atom stereocenters. The lowest BCUT2D eigenvalue weighted by molar-refractivity contribution is -0.117. The summed E-state index contributed by atoms with van der Waals surface area (Å²) in [7, 11) is 0. The Morgan fingerprint density at radius 3 is 2.44 bits per heavy atom. The zero-order chi connectivity index (χ0) is 22.7. The summed E-state index contributed by atoms with van der Waals surface area (Å²) >= 11 is 4.78. The second kappa shape index (κ2) is 9.94. The first-order valence-electron chi connectivity index (χ1n) is 10.3. The molecule has 4 rings (SSSR count). The molecule has 2 heterocycles. The maximum absolute atomic E-state index is 14.0. The highest BCUT2D eigenvalue weighted by Gasteiger charge is 2.23. The van der Waals surface area contributed by atoms with Crippen LogP contribution in [0.15, 0.2) is 59.1 Å². The number of carbonyl (C=O) groups is 2. The maximum atomic E-state index is 14.0. The summed E-state index contributed by atoms with van der Waals surface area (Å²) in [5, 5.41) is 3.50. The summed E-state index contributed by atoms with van der Waals surface area (Å²) in [6.07, 6.45) is 0. The molecular formula is C24H23BrFN3O2S. The topological polar surface area (TPSA) is 52.7 Å². The Hall–Kier alpha value is -2.55. The summed E-state index contributed by atoms with van der Waals surface area (Å²) < 4.78 is 14.9. The number of amides is 1. The highest BCUT2D eigenvalue weighted by Crippen LogP contribution is 2.30. The van der Waals surface area contributed by atoms with Crippen LogP contribution in [0.25, 0.3) is 0 Å². The average molecular weight is 516 g/mol. The van der Waals surface area contributed by atoms with Gasteiger partial charge in [-0.1, -0.05) is 28.1 Å². The van der Waals surface area contributed by atoms with E-state index in [1.165, 1.54) is 17.4 Å². The second-order valence-electron chi connectivity index (χ2n) is 7.70. The standard InChI is InChI=1S/C24H23BrFN3O2S/c1-16-14-19(23(31)17-6-8-18(25)9-7-17)24(32-16)27-22(30)15-28-10-12-29(13-11-28)21-5-3-2-4-20(21)26/h2-9,14H,10-13,15H2,1H3,(H,27,30). The number of hydrogen-bond acceptors (Lipinski definition) is 5. The van der Waals surface area contributed by atoms with Crippen LogP contribution in [0, 0.1) is 12.7 Å². The number of thiophene rings is 1. The number of anilines is 2. The summed E-state index contributed by atoms with van der Waals surface area (Å²) in [6, 6.07) is 15.7. The van der Waals surface area contributed by atoms with Crippen molar-refractivity contribution in [1.82, 2.24) is 4.90 Å². The molecule has 1 aliphatic rings. The predicted molar refractivity (Wildman–Crippen MR) is 130 cm³/mol. The van der Waals surface area contributed by atoms with Crippen LogP contribution in [-0.4, -0.2) is 49.3 Å². The van der Waals surface area contributed by atoms with E-state index < -0.39 is 0 Å². The highest BCUT2D eigenvalue weighted by molar-refractivity contribution is 9.10. The van der Waals surface area contributed by atoms with Crippen molar-refractivity contribution in [3.05, 3.63) is 80.9 Å². The van der Waals surface area contributed by atoms with Crippen molar-refractivity contribution < 1.29 is 14.0 Å². The normalized spacial score (nSPS) is 14.4. The molecule has 1 saturated heterocycles. The van der Waals surface area contributed by atoms with Crippen LogP contribution in [0.2, 0.25) is 0 Å². The largest absolute Gasteiger partial charge is 0.367 e. The van der Waals surface area contributed by atoms with Gasteiger partial charge in [-0.05, 0) is 49.4 Å². The third-order valence-electron chi connectivity index (χ3n) is 5.39.